The zero-order chi connectivity index (χ0) is 22.2. The van der Waals surface area contributed by atoms with E-state index >= 15 is 0 Å². The summed E-state index contributed by atoms with van der Waals surface area (Å²) in [4.78, 5) is 11.6. The van der Waals surface area contributed by atoms with Gasteiger partial charge in [0.05, 0.1) is 24.3 Å². The monoisotopic (exact) mass is 428 g/mol. The molecule has 1 aromatic heterocycles. The van der Waals surface area contributed by atoms with E-state index in [1.54, 1.807) is 24.3 Å². The number of phenols is 1. The molecule has 31 heavy (non-hydrogen) atoms. The third-order valence-electron chi connectivity index (χ3n) is 4.71. The molecule has 0 saturated heterocycles. The molecule has 0 aliphatic rings. The van der Waals surface area contributed by atoms with Crippen molar-refractivity contribution in [3.63, 3.8) is 0 Å². The second kappa shape index (κ2) is 10.5. The van der Waals surface area contributed by atoms with Crippen LogP contribution in [-0.2, 0) is 6.42 Å². The van der Waals surface area contributed by atoms with E-state index in [4.69, 9.17) is 9.47 Å². The first-order chi connectivity index (χ1) is 15.0. The highest BCUT2D eigenvalue weighted by atomic mass is 19.1. The minimum Gasteiger partial charge on any atom is -0.507 e. The number of unbranched alkanes of at least 4 members (excludes halogenated alkanes) is 1. The van der Waals surface area contributed by atoms with Crippen LogP contribution in [0.3, 0.4) is 0 Å². The van der Waals surface area contributed by atoms with E-state index < -0.39 is 5.82 Å². The number of Topliss-reactive ketones (excluding diaryl/α,β-unsaturated/α-hetero) is 1. The molecule has 2 N–H and O–H groups in total. The van der Waals surface area contributed by atoms with Gasteiger partial charge in [0.2, 0.25) is 5.82 Å². The number of nitrogens with zero attached hydrogens (tertiary/aromatic N) is 3. The number of benzene rings is 2. The van der Waals surface area contributed by atoms with Crippen LogP contribution in [0.5, 0.6) is 17.2 Å². The Bertz CT molecular complexity index is 1020. The molecule has 2 aromatic carbocycles. The summed E-state index contributed by atoms with van der Waals surface area (Å²) >= 11 is 0. The SMILES string of the molecule is CCCc1c(OCCCCOc2ccc(-c3nn[nH]n3)c(F)c2)ccc(C(C)=O)c1O. The van der Waals surface area contributed by atoms with Crippen LogP contribution in [-0.4, -0.2) is 44.7 Å². The summed E-state index contributed by atoms with van der Waals surface area (Å²) in [6, 6.07) is 7.80. The number of aromatic hydroxyl groups is 1. The van der Waals surface area contributed by atoms with Crippen molar-refractivity contribution in [3.8, 4) is 28.6 Å². The maximum absolute atomic E-state index is 14.2. The minimum atomic E-state index is -0.487. The van der Waals surface area contributed by atoms with E-state index in [2.05, 4.69) is 20.6 Å². The van der Waals surface area contributed by atoms with Crippen LogP contribution in [0.1, 0.15) is 49.0 Å². The van der Waals surface area contributed by atoms with Gasteiger partial charge in [0.15, 0.2) is 5.78 Å². The van der Waals surface area contributed by atoms with Gasteiger partial charge in [-0.05, 0) is 55.7 Å². The van der Waals surface area contributed by atoms with Crippen LogP contribution < -0.4 is 9.47 Å². The Morgan fingerprint density at radius 2 is 1.94 bits per heavy atom. The van der Waals surface area contributed by atoms with Crippen LogP contribution >= 0.6 is 0 Å². The predicted octanol–water partition coefficient (Wildman–Crippen LogP) is 4.10. The smallest absolute Gasteiger partial charge is 0.207 e. The Morgan fingerprint density at radius 3 is 2.58 bits per heavy atom. The molecule has 0 atom stereocenters. The molecule has 0 fully saturated rings. The number of aromatic amines is 1. The van der Waals surface area contributed by atoms with Crippen LogP contribution in [0.4, 0.5) is 4.39 Å². The van der Waals surface area contributed by atoms with E-state index in [9.17, 15) is 14.3 Å². The fourth-order valence-electron chi connectivity index (χ4n) is 3.15. The second-order valence-electron chi connectivity index (χ2n) is 7.03. The van der Waals surface area contributed by atoms with Gasteiger partial charge >= 0.3 is 0 Å². The van der Waals surface area contributed by atoms with Gasteiger partial charge in [0.25, 0.3) is 0 Å². The van der Waals surface area contributed by atoms with Crippen molar-refractivity contribution in [2.24, 2.45) is 0 Å². The molecule has 8 nitrogen and oxygen atoms in total. The van der Waals surface area contributed by atoms with E-state index in [1.807, 2.05) is 6.92 Å². The molecule has 0 saturated carbocycles. The Hall–Kier alpha value is -3.49. The van der Waals surface area contributed by atoms with Crippen molar-refractivity contribution in [3.05, 3.63) is 47.3 Å². The summed E-state index contributed by atoms with van der Waals surface area (Å²) in [5.74, 6) is 0.525. The summed E-state index contributed by atoms with van der Waals surface area (Å²) in [6.45, 7) is 4.26. The number of phenolic OH excluding ortho intramolecular Hbond substituents is 1. The van der Waals surface area contributed by atoms with Crippen molar-refractivity contribution < 1.29 is 23.8 Å². The van der Waals surface area contributed by atoms with Crippen molar-refractivity contribution >= 4 is 5.78 Å². The number of nitrogens with one attached hydrogen (secondary N) is 1. The second-order valence-corrected chi connectivity index (χ2v) is 7.03. The number of aromatic nitrogens is 4. The molecule has 0 spiro atoms. The Morgan fingerprint density at radius 1 is 1.16 bits per heavy atom. The molecule has 3 aromatic rings. The normalized spacial score (nSPS) is 10.8. The standard InChI is InChI=1S/C22H25FN4O4/c1-3-6-18-20(10-9-16(14(2)28)21(18)29)31-12-5-4-11-30-15-7-8-17(19(23)13-15)22-24-26-27-25-22/h7-10,13,29H,3-6,11-12H2,1-2H3,(H,24,25,26,27). The molecular formula is C22H25FN4O4. The topological polar surface area (TPSA) is 110 Å². The van der Waals surface area contributed by atoms with Crippen molar-refractivity contribution in [2.75, 3.05) is 13.2 Å². The van der Waals surface area contributed by atoms with Crippen molar-refractivity contribution in [1.82, 2.24) is 20.6 Å². The van der Waals surface area contributed by atoms with E-state index in [1.165, 1.54) is 13.0 Å². The molecule has 9 heteroatoms. The summed E-state index contributed by atoms with van der Waals surface area (Å²) in [5, 5.41) is 23.6. The maximum atomic E-state index is 14.2. The van der Waals surface area contributed by atoms with E-state index in [0.717, 1.165) is 6.42 Å². The molecule has 0 aliphatic heterocycles. The zero-order valence-electron chi connectivity index (χ0n) is 17.5. The first-order valence-electron chi connectivity index (χ1n) is 10.2. The number of rotatable bonds is 11. The molecular weight excluding hydrogens is 403 g/mol. The molecule has 0 radical (unpaired) electrons. The first kappa shape index (κ1) is 22.2. The average molecular weight is 428 g/mol. The third-order valence-corrected chi connectivity index (χ3v) is 4.71. The Balaban J connectivity index is 1.47. The molecule has 0 amide bonds. The number of hydrogen-bond acceptors (Lipinski definition) is 7. The molecule has 0 aliphatic carbocycles. The highest BCUT2D eigenvalue weighted by molar-refractivity contribution is 5.97. The first-order valence-corrected chi connectivity index (χ1v) is 10.2. The summed E-state index contributed by atoms with van der Waals surface area (Å²) < 4.78 is 25.6. The lowest BCUT2D eigenvalue weighted by Gasteiger charge is -2.14. The van der Waals surface area contributed by atoms with Gasteiger partial charge in [0, 0.05) is 11.6 Å². The van der Waals surface area contributed by atoms with Crippen LogP contribution in [0.25, 0.3) is 11.4 Å². The van der Waals surface area contributed by atoms with Gasteiger partial charge in [-0.2, -0.15) is 5.21 Å². The zero-order valence-corrected chi connectivity index (χ0v) is 17.5. The highest BCUT2D eigenvalue weighted by Gasteiger charge is 2.16. The predicted molar refractivity (Wildman–Crippen MR) is 112 cm³/mol. The van der Waals surface area contributed by atoms with Crippen molar-refractivity contribution in [2.45, 2.75) is 39.5 Å². The van der Waals surface area contributed by atoms with Crippen LogP contribution in [0.15, 0.2) is 30.3 Å². The molecule has 0 bridgehead atoms. The van der Waals surface area contributed by atoms with Gasteiger partial charge in [-0.15, -0.1) is 10.2 Å². The number of tetrazole rings is 1. The van der Waals surface area contributed by atoms with Crippen LogP contribution in [0.2, 0.25) is 0 Å². The fraction of sp³-hybridized carbons (Fsp3) is 0.364. The largest absolute Gasteiger partial charge is 0.507 e. The van der Waals surface area contributed by atoms with Gasteiger partial charge in [-0.3, -0.25) is 4.79 Å². The van der Waals surface area contributed by atoms with Gasteiger partial charge < -0.3 is 14.6 Å². The number of halogens is 1. The number of H-pyrrole nitrogens is 1. The minimum absolute atomic E-state index is 0.00137. The summed E-state index contributed by atoms with van der Waals surface area (Å²) in [6.07, 6.45) is 2.86. The lowest BCUT2D eigenvalue weighted by Crippen LogP contribution is -2.05. The third kappa shape index (κ3) is 5.56. The summed E-state index contributed by atoms with van der Waals surface area (Å²) in [7, 11) is 0. The Labute approximate surface area is 179 Å². The Kier molecular flexibility index (Phi) is 7.53. The lowest BCUT2D eigenvalue weighted by molar-refractivity contribution is 0.101. The summed E-state index contributed by atoms with van der Waals surface area (Å²) in [5.41, 5.74) is 1.21. The molecule has 3 rings (SSSR count). The van der Waals surface area contributed by atoms with E-state index in [0.29, 0.717) is 55.1 Å². The van der Waals surface area contributed by atoms with Crippen LogP contribution in [0, 0.1) is 5.82 Å². The fourth-order valence-corrected chi connectivity index (χ4v) is 3.15. The average Bonchev–Trinajstić information content (AvgIpc) is 3.27. The van der Waals surface area contributed by atoms with Gasteiger partial charge in [-0.25, -0.2) is 4.39 Å². The number of carbonyl (C=O) groups is 1. The quantitative estimate of drug-likeness (QED) is 0.349. The molecule has 1 heterocycles. The number of ketones is 1. The molecule has 0 unspecified atom stereocenters. The van der Waals surface area contributed by atoms with Gasteiger partial charge in [0.1, 0.15) is 23.1 Å². The number of ether oxygens (including phenoxy) is 2. The number of hydrogen-bond donors (Lipinski definition) is 2. The number of carbonyl (C=O) groups excluding carboxylic acids is 1. The van der Waals surface area contributed by atoms with Gasteiger partial charge in [-0.1, -0.05) is 13.3 Å². The van der Waals surface area contributed by atoms with Crippen molar-refractivity contribution in [1.29, 1.82) is 0 Å². The lowest BCUT2D eigenvalue weighted by atomic mass is 10.0. The molecule has 164 valence electrons. The highest BCUT2D eigenvalue weighted by Crippen LogP contribution is 2.33. The van der Waals surface area contributed by atoms with E-state index in [-0.39, 0.29) is 22.9 Å². The maximum Gasteiger partial charge on any atom is 0.207 e.